The van der Waals surface area contributed by atoms with E-state index in [-0.39, 0.29) is 22.3 Å². The first kappa shape index (κ1) is 19.0. The number of benzene rings is 2. The van der Waals surface area contributed by atoms with Crippen LogP contribution in [0.25, 0.3) is 0 Å². The molecule has 1 unspecified atom stereocenters. The molecular formula is C19H23NO4S. The summed E-state index contributed by atoms with van der Waals surface area (Å²) in [5.41, 5.74) is 1.08. The lowest BCUT2D eigenvalue weighted by Gasteiger charge is -2.16. The highest BCUT2D eigenvalue weighted by molar-refractivity contribution is 7.91. The van der Waals surface area contributed by atoms with Crippen molar-refractivity contribution >= 4 is 15.7 Å². The number of nitrogens with one attached hydrogen (secondary N) is 1. The Labute approximate surface area is 148 Å². The molecule has 2 aromatic rings. The van der Waals surface area contributed by atoms with Gasteiger partial charge in [0.05, 0.1) is 28.9 Å². The fourth-order valence-corrected chi connectivity index (χ4v) is 3.55. The second-order valence-corrected chi connectivity index (χ2v) is 7.84. The molecule has 2 rings (SSSR count). The van der Waals surface area contributed by atoms with Gasteiger partial charge in [0.2, 0.25) is 0 Å². The second-order valence-electron chi connectivity index (χ2n) is 5.60. The molecule has 1 atom stereocenters. The molecule has 6 heteroatoms. The van der Waals surface area contributed by atoms with Gasteiger partial charge in [-0.2, -0.15) is 0 Å². The van der Waals surface area contributed by atoms with E-state index in [9.17, 15) is 13.2 Å². The zero-order chi connectivity index (χ0) is 18.4. The molecule has 0 bridgehead atoms. The van der Waals surface area contributed by atoms with E-state index in [0.29, 0.717) is 6.61 Å². The minimum atomic E-state index is -3.46. The van der Waals surface area contributed by atoms with Gasteiger partial charge >= 0.3 is 0 Å². The van der Waals surface area contributed by atoms with Gasteiger partial charge in [0.25, 0.3) is 5.91 Å². The normalized spacial score (nSPS) is 12.4. The first-order chi connectivity index (χ1) is 11.9. The van der Waals surface area contributed by atoms with Crippen molar-refractivity contribution < 1.29 is 17.9 Å². The third kappa shape index (κ3) is 4.60. The molecule has 0 aromatic heterocycles. The van der Waals surface area contributed by atoms with Crippen molar-refractivity contribution in [2.24, 2.45) is 0 Å². The Hall–Kier alpha value is -2.34. The van der Waals surface area contributed by atoms with Gasteiger partial charge < -0.3 is 10.1 Å². The van der Waals surface area contributed by atoms with Crippen LogP contribution in [0.5, 0.6) is 5.75 Å². The van der Waals surface area contributed by atoms with Gasteiger partial charge in [0, 0.05) is 0 Å². The number of rotatable bonds is 7. The molecule has 1 amide bonds. The topological polar surface area (TPSA) is 72.5 Å². The molecular weight excluding hydrogens is 338 g/mol. The smallest absolute Gasteiger partial charge is 0.253 e. The van der Waals surface area contributed by atoms with Crippen molar-refractivity contribution in [3.63, 3.8) is 0 Å². The van der Waals surface area contributed by atoms with Crippen molar-refractivity contribution in [1.29, 1.82) is 0 Å². The van der Waals surface area contributed by atoms with E-state index < -0.39 is 15.7 Å². The number of amides is 1. The van der Waals surface area contributed by atoms with E-state index >= 15 is 0 Å². The predicted octanol–water partition coefficient (Wildman–Crippen LogP) is 3.37. The number of carbonyl (C=O) groups excluding carboxylic acids is 1. The van der Waals surface area contributed by atoms with Crippen molar-refractivity contribution in [1.82, 2.24) is 5.32 Å². The standard InChI is InChI=1S/C19H23NO4S/c1-4-24-16-12-10-15(11-13-16)14(3)20-19(21)17-8-6-7-9-18(17)25(22,23)5-2/h6-14H,4-5H2,1-3H3,(H,20,21). The predicted molar refractivity (Wildman–Crippen MR) is 97.7 cm³/mol. The molecule has 2 aromatic carbocycles. The van der Waals surface area contributed by atoms with Gasteiger partial charge in [-0.15, -0.1) is 0 Å². The number of hydrogen-bond donors (Lipinski definition) is 1. The number of ether oxygens (including phenoxy) is 1. The summed E-state index contributed by atoms with van der Waals surface area (Å²) in [4.78, 5) is 12.6. The lowest BCUT2D eigenvalue weighted by atomic mass is 10.1. The maximum atomic E-state index is 12.6. The minimum Gasteiger partial charge on any atom is -0.494 e. The van der Waals surface area contributed by atoms with Crippen molar-refractivity contribution in [3.8, 4) is 5.75 Å². The molecule has 25 heavy (non-hydrogen) atoms. The fourth-order valence-electron chi connectivity index (χ4n) is 2.46. The zero-order valence-electron chi connectivity index (χ0n) is 14.7. The average molecular weight is 361 g/mol. The molecule has 134 valence electrons. The monoisotopic (exact) mass is 361 g/mol. The molecule has 1 N–H and O–H groups in total. The van der Waals surface area contributed by atoms with Crippen LogP contribution in [0.1, 0.15) is 42.7 Å². The minimum absolute atomic E-state index is 0.0499. The molecule has 0 saturated carbocycles. The van der Waals surface area contributed by atoms with Crippen LogP contribution in [0.4, 0.5) is 0 Å². The third-order valence-corrected chi connectivity index (χ3v) is 5.67. The molecule has 5 nitrogen and oxygen atoms in total. The molecule has 0 spiro atoms. The highest BCUT2D eigenvalue weighted by atomic mass is 32.2. The van der Waals surface area contributed by atoms with Crippen molar-refractivity contribution in [2.75, 3.05) is 12.4 Å². The van der Waals surface area contributed by atoms with E-state index in [1.165, 1.54) is 12.1 Å². The lowest BCUT2D eigenvalue weighted by Crippen LogP contribution is -2.28. The van der Waals surface area contributed by atoms with Gasteiger partial charge in [0.1, 0.15) is 5.75 Å². The second kappa shape index (κ2) is 8.16. The Balaban J connectivity index is 2.20. The van der Waals surface area contributed by atoms with Crippen LogP contribution in [-0.4, -0.2) is 26.7 Å². The van der Waals surface area contributed by atoms with Gasteiger partial charge in [-0.1, -0.05) is 31.2 Å². The average Bonchev–Trinajstić information content (AvgIpc) is 2.62. The Kier molecular flexibility index (Phi) is 6.20. The highest BCUT2D eigenvalue weighted by Gasteiger charge is 2.21. The Bertz CT molecular complexity index is 829. The SMILES string of the molecule is CCOc1ccc(C(C)NC(=O)c2ccccc2S(=O)(=O)CC)cc1. The van der Waals surface area contributed by atoms with E-state index in [2.05, 4.69) is 5.32 Å². The number of sulfone groups is 1. The van der Waals surface area contributed by atoms with Crippen molar-refractivity contribution in [2.45, 2.75) is 31.7 Å². The Morgan fingerprint density at radius 3 is 2.32 bits per heavy atom. The van der Waals surface area contributed by atoms with Crippen LogP contribution in [0.15, 0.2) is 53.4 Å². The molecule has 0 aliphatic carbocycles. The van der Waals surface area contributed by atoms with Crippen LogP contribution in [-0.2, 0) is 9.84 Å². The summed E-state index contributed by atoms with van der Waals surface area (Å²) < 4.78 is 29.8. The van der Waals surface area contributed by atoms with Crippen LogP contribution in [0, 0.1) is 0 Å². The lowest BCUT2D eigenvalue weighted by molar-refractivity contribution is 0.0936. The molecule has 0 radical (unpaired) electrons. The number of hydrogen-bond acceptors (Lipinski definition) is 4. The first-order valence-electron chi connectivity index (χ1n) is 8.24. The summed E-state index contributed by atoms with van der Waals surface area (Å²) in [6.45, 7) is 5.92. The third-order valence-electron chi connectivity index (χ3n) is 3.89. The maximum absolute atomic E-state index is 12.6. The Morgan fingerprint density at radius 2 is 1.72 bits per heavy atom. The van der Waals surface area contributed by atoms with E-state index in [1.807, 2.05) is 38.1 Å². The van der Waals surface area contributed by atoms with Crippen LogP contribution < -0.4 is 10.1 Å². The maximum Gasteiger partial charge on any atom is 0.253 e. The first-order valence-corrected chi connectivity index (χ1v) is 9.89. The van der Waals surface area contributed by atoms with Crippen LogP contribution in [0.3, 0.4) is 0 Å². The molecule has 0 heterocycles. The van der Waals surface area contributed by atoms with Gasteiger partial charge in [-0.3, -0.25) is 4.79 Å². The van der Waals surface area contributed by atoms with E-state index in [1.54, 1.807) is 19.1 Å². The molecule has 0 aliphatic rings. The van der Waals surface area contributed by atoms with E-state index in [0.717, 1.165) is 11.3 Å². The highest BCUT2D eigenvalue weighted by Crippen LogP contribution is 2.20. The largest absolute Gasteiger partial charge is 0.494 e. The molecule has 0 aliphatic heterocycles. The molecule has 0 saturated heterocycles. The Morgan fingerprint density at radius 1 is 1.08 bits per heavy atom. The van der Waals surface area contributed by atoms with Crippen LogP contribution >= 0.6 is 0 Å². The zero-order valence-corrected chi connectivity index (χ0v) is 15.5. The molecule has 0 fully saturated rings. The summed E-state index contributed by atoms with van der Waals surface area (Å²) in [5.74, 6) is 0.310. The summed E-state index contributed by atoms with van der Waals surface area (Å²) in [6.07, 6.45) is 0. The quantitative estimate of drug-likeness (QED) is 0.821. The van der Waals surface area contributed by atoms with Gasteiger partial charge in [-0.05, 0) is 43.7 Å². The van der Waals surface area contributed by atoms with Gasteiger partial charge in [0.15, 0.2) is 9.84 Å². The summed E-state index contributed by atoms with van der Waals surface area (Å²) in [6, 6.07) is 13.5. The summed E-state index contributed by atoms with van der Waals surface area (Å²) >= 11 is 0. The van der Waals surface area contributed by atoms with Crippen LogP contribution in [0.2, 0.25) is 0 Å². The van der Waals surface area contributed by atoms with E-state index in [4.69, 9.17) is 4.74 Å². The summed E-state index contributed by atoms with van der Waals surface area (Å²) in [5, 5.41) is 2.86. The fraction of sp³-hybridized carbons (Fsp3) is 0.316. The number of carbonyl (C=O) groups is 1. The van der Waals surface area contributed by atoms with Crippen molar-refractivity contribution in [3.05, 3.63) is 59.7 Å². The summed E-state index contributed by atoms with van der Waals surface area (Å²) in [7, 11) is -3.46. The van der Waals surface area contributed by atoms with Gasteiger partial charge in [-0.25, -0.2) is 8.42 Å².